The van der Waals surface area contributed by atoms with E-state index in [2.05, 4.69) is 34.6 Å². The Hall–Kier alpha value is -1.26. The molecule has 2 aliphatic rings. The van der Waals surface area contributed by atoms with E-state index in [1.807, 2.05) is 6.07 Å². The van der Waals surface area contributed by atoms with Gasteiger partial charge in [0, 0.05) is 36.8 Å². The molecule has 1 amide bonds. The lowest BCUT2D eigenvalue weighted by atomic mass is 9.93. The normalized spacial score (nSPS) is 21.5. The summed E-state index contributed by atoms with van der Waals surface area (Å²) in [6.07, 6.45) is 5.26. The van der Waals surface area contributed by atoms with Crippen LogP contribution in [0.1, 0.15) is 37.7 Å². The molecule has 1 unspecified atom stereocenters. The van der Waals surface area contributed by atoms with Crippen LogP contribution < -0.4 is 15.5 Å². The first-order valence-corrected chi connectivity index (χ1v) is 9.98. The van der Waals surface area contributed by atoms with E-state index in [0.29, 0.717) is 12.3 Å². The van der Waals surface area contributed by atoms with Crippen LogP contribution in [0.25, 0.3) is 0 Å². The van der Waals surface area contributed by atoms with Gasteiger partial charge in [-0.25, -0.2) is 0 Å². The number of amides is 1. The van der Waals surface area contributed by atoms with Gasteiger partial charge in [0.1, 0.15) is 0 Å². The Balaban J connectivity index is 1.39. The molecule has 25 heavy (non-hydrogen) atoms. The van der Waals surface area contributed by atoms with Crippen molar-refractivity contribution in [2.24, 2.45) is 11.8 Å². The molecule has 0 aromatic heterocycles. The highest BCUT2D eigenvalue weighted by Gasteiger charge is 2.24. The van der Waals surface area contributed by atoms with E-state index in [-0.39, 0.29) is 5.91 Å². The smallest absolute Gasteiger partial charge is 0.220 e. The summed E-state index contributed by atoms with van der Waals surface area (Å²) in [7, 11) is 0. The molecule has 2 saturated heterocycles. The van der Waals surface area contributed by atoms with Gasteiger partial charge in [-0.15, -0.1) is 0 Å². The second-order valence-corrected chi connectivity index (χ2v) is 8.00. The minimum atomic E-state index is 0.218. The number of nitrogens with zero attached hydrogens (tertiary/aromatic N) is 1. The fraction of sp³-hybridized carbons (Fsp3) is 0.650. The third-order valence-corrected chi connectivity index (χ3v) is 5.86. The van der Waals surface area contributed by atoms with Gasteiger partial charge in [-0.3, -0.25) is 4.79 Å². The number of hydrogen-bond acceptors (Lipinski definition) is 3. The van der Waals surface area contributed by atoms with Crippen LogP contribution in [0, 0.1) is 18.8 Å². The number of nitrogens with one attached hydrogen (secondary N) is 2. The molecule has 5 heteroatoms. The van der Waals surface area contributed by atoms with Gasteiger partial charge in [0.25, 0.3) is 0 Å². The van der Waals surface area contributed by atoms with Gasteiger partial charge in [0.2, 0.25) is 5.91 Å². The number of carbonyl (C=O) groups is 1. The van der Waals surface area contributed by atoms with Crippen molar-refractivity contribution in [3.05, 3.63) is 28.8 Å². The molecular weight excluding hydrogens is 334 g/mol. The molecule has 4 nitrogen and oxygen atoms in total. The molecule has 1 atom stereocenters. The van der Waals surface area contributed by atoms with Crippen LogP contribution in [0.2, 0.25) is 5.02 Å². The van der Waals surface area contributed by atoms with Crippen molar-refractivity contribution in [1.82, 2.24) is 10.6 Å². The van der Waals surface area contributed by atoms with Gasteiger partial charge >= 0.3 is 0 Å². The third kappa shape index (κ3) is 5.35. The molecule has 3 rings (SSSR count). The number of piperidine rings is 1. The number of anilines is 1. The molecule has 2 fully saturated rings. The first kappa shape index (κ1) is 18.5. The fourth-order valence-corrected chi connectivity index (χ4v) is 4.16. The van der Waals surface area contributed by atoms with Crippen LogP contribution in [0.4, 0.5) is 5.69 Å². The summed E-state index contributed by atoms with van der Waals surface area (Å²) >= 11 is 6.15. The Morgan fingerprint density at radius 2 is 2.08 bits per heavy atom. The van der Waals surface area contributed by atoms with Crippen molar-refractivity contribution in [1.29, 1.82) is 0 Å². The van der Waals surface area contributed by atoms with E-state index in [9.17, 15) is 4.79 Å². The minimum absolute atomic E-state index is 0.218. The van der Waals surface area contributed by atoms with Gasteiger partial charge < -0.3 is 15.5 Å². The Morgan fingerprint density at radius 1 is 1.28 bits per heavy atom. The molecule has 2 heterocycles. The third-order valence-electron chi connectivity index (χ3n) is 5.62. The van der Waals surface area contributed by atoms with E-state index in [0.717, 1.165) is 56.5 Å². The zero-order valence-corrected chi connectivity index (χ0v) is 15.9. The van der Waals surface area contributed by atoms with Crippen molar-refractivity contribution >= 4 is 23.2 Å². The zero-order valence-electron chi connectivity index (χ0n) is 15.2. The fourth-order valence-electron chi connectivity index (χ4n) is 3.99. The molecule has 1 aromatic rings. The highest BCUT2D eigenvalue weighted by molar-refractivity contribution is 6.30. The average Bonchev–Trinajstić information content (AvgIpc) is 3.10. The molecule has 0 bridgehead atoms. The van der Waals surface area contributed by atoms with Crippen LogP contribution in [-0.4, -0.2) is 38.6 Å². The number of hydrogen-bond donors (Lipinski definition) is 2. The van der Waals surface area contributed by atoms with Crippen LogP contribution in [-0.2, 0) is 4.79 Å². The molecular formula is C20H30ClN3O. The predicted molar refractivity (Wildman–Crippen MR) is 104 cm³/mol. The largest absolute Gasteiger partial charge is 0.371 e. The summed E-state index contributed by atoms with van der Waals surface area (Å²) in [6, 6.07) is 6.07. The van der Waals surface area contributed by atoms with Crippen LogP contribution >= 0.6 is 11.6 Å². The second kappa shape index (κ2) is 8.91. The van der Waals surface area contributed by atoms with Crippen molar-refractivity contribution in [3.63, 3.8) is 0 Å². The van der Waals surface area contributed by atoms with Crippen LogP contribution in [0.5, 0.6) is 0 Å². The monoisotopic (exact) mass is 363 g/mol. The summed E-state index contributed by atoms with van der Waals surface area (Å²) in [4.78, 5) is 14.5. The molecule has 2 N–H and O–H groups in total. The second-order valence-electron chi connectivity index (χ2n) is 7.57. The van der Waals surface area contributed by atoms with Crippen molar-refractivity contribution in [2.45, 2.75) is 39.0 Å². The van der Waals surface area contributed by atoms with Gasteiger partial charge in [-0.05, 0) is 75.2 Å². The Labute approximate surface area is 156 Å². The highest BCUT2D eigenvalue weighted by Crippen LogP contribution is 2.29. The SMILES string of the molecule is Cc1ccc(Cl)cc1N1CCC(CNC(=O)CCC2CCNCC2)C1. The summed E-state index contributed by atoms with van der Waals surface area (Å²) < 4.78 is 0. The minimum Gasteiger partial charge on any atom is -0.371 e. The van der Waals surface area contributed by atoms with Gasteiger partial charge in [-0.2, -0.15) is 0 Å². The summed E-state index contributed by atoms with van der Waals surface area (Å²) in [5.74, 6) is 1.47. The molecule has 0 spiro atoms. The zero-order chi connectivity index (χ0) is 17.6. The van der Waals surface area contributed by atoms with Crippen LogP contribution in [0.3, 0.4) is 0 Å². The number of carbonyl (C=O) groups excluding carboxylic acids is 1. The lowest BCUT2D eigenvalue weighted by Gasteiger charge is -2.22. The predicted octanol–water partition coefficient (Wildman–Crippen LogP) is 3.37. The molecule has 0 aliphatic carbocycles. The first-order chi connectivity index (χ1) is 12.1. The van der Waals surface area contributed by atoms with Crippen molar-refractivity contribution in [3.8, 4) is 0 Å². The molecule has 2 aliphatic heterocycles. The molecule has 0 saturated carbocycles. The number of aryl methyl sites for hydroxylation is 1. The molecule has 1 aromatic carbocycles. The first-order valence-electron chi connectivity index (χ1n) is 9.60. The summed E-state index contributed by atoms with van der Waals surface area (Å²) in [5.41, 5.74) is 2.49. The van der Waals surface area contributed by atoms with Gasteiger partial charge in [0.05, 0.1) is 0 Å². The van der Waals surface area contributed by atoms with Crippen molar-refractivity contribution < 1.29 is 4.79 Å². The van der Waals surface area contributed by atoms with E-state index < -0.39 is 0 Å². The van der Waals surface area contributed by atoms with E-state index in [4.69, 9.17) is 11.6 Å². The Kier molecular flexibility index (Phi) is 6.60. The topological polar surface area (TPSA) is 44.4 Å². The Morgan fingerprint density at radius 3 is 2.88 bits per heavy atom. The number of benzene rings is 1. The average molecular weight is 364 g/mol. The molecule has 0 radical (unpaired) electrons. The highest BCUT2D eigenvalue weighted by atomic mass is 35.5. The maximum Gasteiger partial charge on any atom is 0.220 e. The lowest BCUT2D eigenvalue weighted by Crippen LogP contribution is -2.32. The quantitative estimate of drug-likeness (QED) is 0.814. The van der Waals surface area contributed by atoms with E-state index in [1.54, 1.807) is 0 Å². The lowest BCUT2D eigenvalue weighted by molar-refractivity contribution is -0.121. The number of rotatable bonds is 6. The van der Waals surface area contributed by atoms with Crippen molar-refractivity contribution in [2.75, 3.05) is 37.6 Å². The van der Waals surface area contributed by atoms with Crippen LogP contribution in [0.15, 0.2) is 18.2 Å². The summed E-state index contributed by atoms with van der Waals surface area (Å²) in [6.45, 7) is 7.16. The van der Waals surface area contributed by atoms with Gasteiger partial charge in [-0.1, -0.05) is 17.7 Å². The number of halogens is 1. The Bertz CT molecular complexity index is 586. The standard InChI is InChI=1S/C20H30ClN3O/c1-15-2-4-18(21)12-19(15)24-11-8-17(14-24)13-23-20(25)5-3-16-6-9-22-10-7-16/h2,4,12,16-17,22H,3,5-11,13-14H2,1H3,(H,23,25). The molecule has 138 valence electrons. The van der Waals surface area contributed by atoms with Gasteiger partial charge in [0.15, 0.2) is 0 Å². The van der Waals surface area contributed by atoms with E-state index >= 15 is 0 Å². The maximum atomic E-state index is 12.1. The summed E-state index contributed by atoms with van der Waals surface area (Å²) in [5, 5.41) is 7.32. The maximum absolute atomic E-state index is 12.1. The van der Waals surface area contributed by atoms with E-state index in [1.165, 1.54) is 24.1 Å².